The molecular formula is C14H8BrN3O2S. The maximum atomic E-state index is 11.3. The normalized spacial score (nSPS) is 10.7. The largest absolute Gasteiger partial charge is 0.478 e. The summed E-state index contributed by atoms with van der Waals surface area (Å²) in [6.07, 6.45) is 3.03. The standard InChI is InChI=1S/C14H8BrN3O2S/c15-8-5-10(14(19)20)13(16-6-8)21-12-9-3-1-2-4-11(9)17-7-18-12/h1-7H,(H,19,20). The summed E-state index contributed by atoms with van der Waals surface area (Å²) in [4.78, 5) is 23.9. The van der Waals surface area contributed by atoms with Crippen molar-refractivity contribution < 1.29 is 9.90 Å². The third kappa shape index (κ3) is 2.88. The molecule has 5 nitrogen and oxygen atoms in total. The first-order valence-electron chi connectivity index (χ1n) is 5.91. The molecule has 0 saturated carbocycles. The highest BCUT2D eigenvalue weighted by atomic mass is 79.9. The van der Waals surface area contributed by atoms with Gasteiger partial charge in [-0.15, -0.1) is 0 Å². The Morgan fingerprint density at radius 2 is 1.95 bits per heavy atom. The lowest BCUT2D eigenvalue weighted by Crippen LogP contribution is -2.01. The molecule has 2 aromatic heterocycles. The molecule has 0 unspecified atom stereocenters. The van der Waals surface area contributed by atoms with Gasteiger partial charge < -0.3 is 5.11 Å². The Balaban J connectivity index is 2.09. The third-order valence-electron chi connectivity index (χ3n) is 2.75. The van der Waals surface area contributed by atoms with Gasteiger partial charge >= 0.3 is 5.97 Å². The van der Waals surface area contributed by atoms with Crippen LogP contribution in [0.2, 0.25) is 0 Å². The molecule has 0 aliphatic rings. The zero-order valence-electron chi connectivity index (χ0n) is 10.5. The van der Waals surface area contributed by atoms with E-state index in [0.29, 0.717) is 14.5 Å². The summed E-state index contributed by atoms with van der Waals surface area (Å²) >= 11 is 4.45. The molecule has 0 radical (unpaired) electrons. The molecule has 1 N–H and O–H groups in total. The van der Waals surface area contributed by atoms with Crippen LogP contribution in [0.25, 0.3) is 10.9 Å². The molecule has 0 aliphatic carbocycles. The molecule has 3 aromatic rings. The number of halogens is 1. The Labute approximate surface area is 132 Å². The second-order valence-electron chi connectivity index (χ2n) is 4.11. The lowest BCUT2D eigenvalue weighted by molar-refractivity contribution is 0.0692. The smallest absolute Gasteiger partial charge is 0.338 e. The minimum atomic E-state index is -1.02. The van der Waals surface area contributed by atoms with E-state index in [4.69, 9.17) is 0 Å². The number of para-hydroxylation sites is 1. The summed E-state index contributed by atoms with van der Waals surface area (Å²) in [5, 5.41) is 11.2. The summed E-state index contributed by atoms with van der Waals surface area (Å²) in [6.45, 7) is 0. The Morgan fingerprint density at radius 1 is 1.14 bits per heavy atom. The number of aromatic carboxylic acids is 1. The monoisotopic (exact) mass is 361 g/mol. The molecule has 21 heavy (non-hydrogen) atoms. The second kappa shape index (κ2) is 5.79. The summed E-state index contributed by atoms with van der Waals surface area (Å²) in [7, 11) is 0. The number of carboxylic acid groups (broad SMARTS) is 1. The topological polar surface area (TPSA) is 76.0 Å². The van der Waals surface area contributed by atoms with E-state index in [-0.39, 0.29) is 5.56 Å². The minimum Gasteiger partial charge on any atom is -0.478 e. The number of carbonyl (C=O) groups is 1. The highest BCUT2D eigenvalue weighted by molar-refractivity contribution is 9.10. The SMILES string of the molecule is O=C(O)c1cc(Br)cnc1Sc1ncnc2ccccc12. The Morgan fingerprint density at radius 3 is 2.76 bits per heavy atom. The van der Waals surface area contributed by atoms with Crippen LogP contribution in [-0.2, 0) is 0 Å². The molecule has 0 amide bonds. The maximum absolute atomic E-state index is 11.3. The first-order valence-corrected chi connectivity index (χ1v) is 7.52. The van der Waals surface area contributed by atoms with E-state index < -0.39 is 5.97 Å². The van der Waals surface area contributed by atoms with Crippen molar-refractivity contribution in [1.82, 2.24) is 15.0 Å². The number of nitrogens with zero attached hydrogens (tertiary/aromatic N) is 3. The van der Waals surface area contributed by atoms with Gasteiger partial charge in [-0.25, -0.2) is 19.7 Å². The zero-order chi connectivity index (χ0) is 14.8. The first-order chi connectivity index (χ1) is 10.1. The molecule has 2 heterocycles. The molecule has 0 spiro atoms. The van der Waals surface area contributed by atoms with Gasteiger partial charge in [0.1, 0.15) is 16.4 Å². The van der Waals surface area contributed by atoms with E-state index in [1.165, 1.54) is 24.2 Å². The number of carboxylic acids is 1. The van der Waals surface area contributed by atoms with Crippen molar-refractivity contribution >= 4 is 44.6 Å². The first kappa shape index (κ1) is 14.0. The van der Waals surface area contributed by atoms with Crippen molar-refractivity contribution in [3.05, 3.63) is 52.9 Å². The molecular weight excluding hydrogens is 354 g/mol. The lowest BCUT2D eigenvalue weighted by Gasteiger charge is -2.06. The molecule has 0 atom stereocenters. The Bertz CT molecular complexity index is 836. The number of aromatic nitrogens is 3. The van der Waals surface area contributed by atoms with Crippen LogP contribution in [0.15, 0.2) is 57.4 Å². The van der Waals surface area contributed by atoms with Crippen LogP contribution in [0.4, 0.5) is 0 Å². The van der Waals surface area contributed by atoms with Crippen molar-refractivity contribution in [2.45, 2.75) is 10.1 Å². The minimum absolute atomic E-state index is 0.136. The average Bonchev–Trinajstić information content (AvgIpc) is 2.49. The van der Waals surface area contributed by atoms with E-state index >= 15 is 0 Å². The molecule has 0 saturated heterocycles. The van der Waals surface area contributed by atoms with E-state index in [9.17, 15) is 9.90 Å². The number of pyridine rings is 1. The number of benzene rings is 1. The Hall–Kier alpha value is -1.99. The van der Waals surface area contributed by atoms with E-state index in [1.807, 2.05) is 24.3 Å². The molecule has 1 aromatic carbocycles. The van der Waals surface area contributed by atoms with Crippen molar-refractivity contribution in [2.24, 2.45) is 0 Å². The summed E-state index contributed by atoms with van der Waals surface area (Å²) < 4.78 is 0.622. The highest BCUT2D eigenvalue weighted by Gasteiger charge is 2.15. The van der Waals surface area contributed by atoms with Crippen LogP contribution in [0.3, 0.4) is 0 Å². The molecule has 104 valence electrons. The van der Waals surface area contributed by atoms with E-state index in [0.717, 1.165) is 10.9 Å². The van der Waals surface area contributed by atoms with E-state index in [2.05, 4.69) is 30.9 Å². The predicted octanol–water partition coefficient (Wildman–Crippen LogP) is 3.64. The van der Waals surface area contributed by atoms with Gasteiger partial charge in [-0.1, -0.05) is 18.2 Å². The van der Waals surface area contributed by atoms with Gasteiger partial charge in [0.2, 0.25) is 0 Å². The van der Waals surface area contributed by atoms with Crippen LogP contribution in [-0.4, -0.2) is 26.0 Å². The fourth-order valence-corrected chi connectivity index (χ4v) is 3.07. The van der Waals surface area contributed by atoms with Crippen molar-refractivity contribution in [3.8, 4) is 0 Å². The average molecular weight is 362 g/mol. The van der Waals surface area contributed by atoms with Gasteiger partial charge in [0.05, 0.1) is 11.1 Å². The number of hydrogen-bond acceptors (Lipinski definition) is 5. The maximum Gasteiger partial charge on any atom is 0.338 e. The summed E-state index contributed by atoms with van der Waals surface area (Å²) in [6, 6.07) is 9.10. The van der Waals surface area contributed by atoms with Crippen molar-refractivity contribution in [3.63, 3.8) is 0 Å². The molecule has 0 fully saturated rings. The quantitative estimate of drug-likeness (QED) is 0.717. The van der Waals surface area contributed by atoms with Crippen molar-refractivity contribution in [1.29, 1.82) is 0 Å². The van der Waals surface area contributed by atoms with Crippen LogP contribution >= 0.6 is 27.7 Å². The molecule has 7 heteroatoms. The lowest BCUT2D eigenvalue weighted by atomic mass is 10.2. The third-order valence-corrected chi connectivity index (χ3v) is 4.22. The number of rotatable bonds is 3. The molecule has 3 rings (SSSR count). The van der Waals surface area contributed by atoms with Crippen LogP contribution < -0.4 is 0 Å². The van der Waals surface area contributed by atoms with Gasteiger partial charge in [-0.05, 0) is 39.8 Å². The highest BCUT2D eigenvalue weighted by Crippen LogP contribution is 2.32. The number of fused-ring (bicyclic) bond motifs is 1. The van der Waals surface area contributed by atoms with Gasteiger partial charge in [-0.2, -0.15) is 0 Å². The zero-order valence-corrected chi connectivity index (χ0v) is 12.9. The van der Waals surface area contributed by atoms with Crippen LogP contribution in [0.1, 0.15) is 10.4 Å². The van der Waals surface area contributed by atoms with Gasteiger partial charge in [0.25, 0.3) is 0 Å². The Kier molecular flexibility index (Phi) is 3.85. The fourth-order valence-electron chi connectivity index (χ4n) is 1.81. The molecule has 0 bridgehead atoms. The fraction of sp³-hybridized carbons (Fsp3) is 0. The van der Waals surface area contributed by atoms with E-state index in [1.54, 1.807) is 6.20 Å². The summed E-state index contributed by atoms with van der Waals surface area (Å²) in [5.41, 5.74) is 0.945. The molecule has 0 aliphatic heterocycles. The number of hydrogen-bond donors (Lipinski definition) is 1. The van der Waals surface area contributed by atoms with Gasteiger partial charge in [-0.3, -0.25) is 0 Å². The van der Waals surface area contributed by atoms with Gasteiger partial charge in [0, 0.05) is 16.1 Å². The van der Waals surface area contributed by atoms with Crippen LogP contribution in [0, 0.1) is 0 Å². The summed E-state index contributed by atoms with van der Waals surface area (Å²) in [5.74, 6) is -1.02. The van der Waals surface area contributed by atoms with Crippen molar-refractivity contribution in [2.75, 3.05) is 0 Å². The van der Waals surface area contributed by atoms with Gasteiger partial charge in [0.15, 0.2) is 0 Å². The predicted molar refractivity (Wildman–Crippen MR) is 82.6 cm³/mol. The van der Waals surface area contributed by atoms with Crippen LogP contribution in [0.5, 0.6) is 0 Å². The second-order valence-corrected chi connectivity index (χ2v) is 6.00.